The molecule has 0 spiro atoms. The second-order valence-electron chi connectivity index (χ2n) is 6.91. The van der Waals surface area contributed by atoms with Gasteiger partial charge in [0.2, 0.25) is 0 Å². The van der Waals surface area contributed by atoms with E-state index in [1.54, 1.807) is 23.9 Å². The van der Waals surface area contributed by atoms with Gasteiger partial charge in [-0.15, -0.1) is 0 Å². The van der Waals surface area contributed by atoms with E-state index in [4.69, 9.17) is 11.6 Å². The molecule has 0 unspecified atom stereocenters. The Morgan fingerprint density at radius 2 is 2.00 bits per heavy atom. The topological polar surface area (TPSA) is 60.0 Å². The van der Waals surface area contributed by atoms with E-state index < -0.39 is 5.97 Å². The molecule has 29 heavy (non-hydrogen) atoms. The standard InChI is InChI=1S/C22H20ClN3O2S/c1-4-25-12-17(11-24-25)26-14(3)21(19-6-5-16(23)10-20(19)26)29-18-8-13(2)7-15(9-18)22(27)28/h5-12H,4H2,1-3H3,(H,27,28). The first-order valence-corrected chi connectivity index (χ1v) is 10.4. The van der Waals surface area contributed by atoms with Crippen molar-refractivity contribution in [3.8, 4) is 5.69 Å². The van der Waals surface area contributed by atoms with E-state index in [2.05, 4.69) is 16.6 Å². The lowest BCUT2D eigenvalue weighted by molar-refractivity contribution is 0.0696. The van der Waals surface area contributed by atoms with Gasteiger partial charge in [-0.3, -0.25) is 4.68 Å². The Labute approximate surface area is 177 Å². The average molecular weight is 426 g/mol. The van der Waals surface area contributed by atoms with Crippen LogP contribution in [0.2, 0.25) is 5.02 Å². The normalized spacial score (nSPS) is 11.3. The number of hydrogen-bond acceptors (Lipinski definition) is 3. The van der Waals surface area contributed by atoms with Gasteiger partial charge in [-0.25, -0.2) is 4.79 Å². The number of hydrogen-bond donors (Lipinski definition) is 1. The first kappa shape index (κ1) is 19.6. The molecule has 4 rings (SSSR count). The van der Waals surface area contributed by atoms with E-state index in [9.17, 15) is 9.90 Å². The number of nitrogens with zero attached hydrogens (tertiary/aromatic N) is 3. The fourth-order valence-electron chi connectivity index (χ4n) is 3.51. The maximum Gasteiger partial charge on any atom is 0.335 e. The summed E-state index contributed by atoms with van der Waals surface area (Å²) >= 11 is 7.87. The van der Waals surface area contributed by atoms with Crippen molar-refractivity contribution in [2.45, 2.75) is 37.1 Å². The number of rotatable bonds is 5. The monoisotopic (exact) mass is 425 g/mol. The summed E-state index contributed by atoms with van der Waals surface area (Å²) in [5.41, 5.74) is 4.24. The van der Waals surface area contributed by atoms with E-state index in [1.165, 1.54) is 0 Å². The highest BCUT2D eigenvalue weighted by Crippen LogP contribution is 2.41. The summed E-state index contributed by atoms with van der Waals surface area (Å²) in [5, 5.41) is 15.5. The first-order chi connectivity index (χ1) is 13.9. The quantitative estimate of drug-likeness (QED) is 0.428. The van der Waals surface area contributed by atoms with Crippen LogP contribution in [0.15, 0.2) is 58.6 Å². The summed E-state index contributed by atoms with van der Waals surface area (Å²) in [6.45, 7) is 6.81. The van der Waals surface area contributed by atoms with E-state index in [1.807, 2.05) is 55.2 Å². The van der Waals surface area contributed by atoms with Crippen LogP contribution in [-0.2, 0) is 6.54 Å². The molecule has 1 N–H and O–H groups in total. The van der Waals surface area contributed by atoms with E-state index in [-0.39, 0.29) is 0 Å². The van der Waals surface area contributed by atoms with Gasteiger partial charge in [0.25, 0.3) is 0 Å². The van der Waals surface area contributed by atoms with Crippen LogP contribution in [0, 0.1) is 13.8 Å². The Morgan fingerprint density at radius 1 is 1.21 bits per heavy atom. The van der Waals surface area contributed by atoms with Gasteiger partial charge in [0.15, 0.2) is 0 Å². The molecule has 2 heterocycles. The number of halogens is 1. The summed E-state index contributed by atoms with van der Waals surface area (Å²) < 4.78 is 4.04. The number of aryl methyl sites for hydroxylation is 2. The fraction of sp³-hybridized carbons (Fsp3) is 0.182. The van der Waals surface area contributed by atoms with Crippen molar-refractivity contribution in [1.82, 2.24) is 14.3 Å². The molecule has 0 bridgehead atoms. The lowest BCUT2D eigenvalue weighted by atomic mass is 10.1. The molecular formula is C22H20ClN3O2S. The van der Waals surface area contributed by atoms with Gasteiger partial charge < -0.3 is 9.67 Å². The van der Waals surface area contributed by atoms with E-state index in [0.717, 1.165) is 44.2 Å². The van der Waals surface area contributed by atoms with Crippen molar-refractivity contribution in [1.29, 1.82) is 0 Å². The second kappa shape index (κ2) is 7.61. The number of aromatic carboxylic acids is 1. The molecule has 0 fully saturated rings. The first-order valence-electron chi connectivity index (χ1n) is 9.23. The van der Waals surface area contributed by atoms with Gasteiger partial charge in [-0.1, -0.05) is 29.4 Å². The Hall–Kier alpha value is -2.70. The Balaban J connectivity index is 1.90. The molecule has 0 amide bonds. The highest BCUT2D eigenvalue weighted by molar-refractivity contribution is 7.99. The minimum absolute atomic E-state index is 0.293. The Bertz CT molecular complexity index is 1240. The van der Waals surface area contributed by atoms with Gasteiger partial charge >= 0.3 is 5.97 Å². The Morgan fingerprint density at radius 3 is 2.69 bits per heavy atom. The van der Waals surface area contributed by atoms with Gasteiger partial charge in [0.05, 0.1) is 23.0 Å². The summed E-state index contributed by atoms with van der Waals surface area (Å²) in [6.07, 6.45) is 3.86. The molecule has 4 aromatic rings. The highest BCUT2D eigenvalue weighted by Gasteiger charge is 2.18. The van der Waals surface area contributed by atoms with Crippen LogP contribution in [0.5, 0.6) is 0 Å². The van der Waals surface area contributed by atoms with E-state index >= 15 is 0 Å². The van der Waals surface area contributed by atoms with Crippen LogP contribution in [0.3, 0.4) is 0 Å². The summed E-state index contributed by atoms with van der Waals surface area (Å²) in [5.74, 6) is -0.923. The molecular weight excluding hydrogens is 406 g/mol. The van der Waals surface area contributed by atoms with E-state index in [0.29, 0.717) is 10.6 Å². The third kappa shape index (κ3) is 3.66. The molecule has 0 aliphatic carbocycles. The minimum Gasteiger partial charge on any atom is -0.478 e. The molecule has 0 saturated heterocycles. The van der Waals surface area contributed by atoms with Crippen LogP contribution >= 0.6 is 23.4 Å². The molecule has 0 atom stereocenters. The molecule has 7 heteroatoms. The zero-order valence-electron chi connectivity index (χ0n) is 16.3. The third-order valence-corrected chi connectivity index (χ3v) is 6.25. The van der Waals surface area contributed by atoms with Gasteiger partial charge in [0.1, 0.15) is 0 Å². The highest BCUT2D eigenvalue weighted by atomic mass is 35.5. The SMILES string of the molecule is CCn1cc(-n2c(C)c(Sc3cc(C)cc(C(=O)O)c3)c3ccc(Cl)cc32)cn1. The maximum atomic E-state index is 11.5. The van der Waals surface area contributed by atoms with Crippen LogP contribution in [0.25, 0.3) is 16.6 Å². The lowest BCUT2D eigenvalue weighted by Gasteiger charge is -2.07. The van der Waals surface area contributed by atoms with Crippen molar-refractivity contribution in [2.24, 2.45) is 0 Å². The number of carbonyl (C=O) groups is 1. The molecule has 0 radical (unpaired) electrons. The molecule has 5 nitrogen and oxygen atoms in total. The maximum absolute atomic E-state index is 11.5. The van der Waals surface area contributed by atoms with Crippen molar-refractivity contribution < 1.29 is 9.90 Å². The zero-order valence-corrected chi connectivity index (χ0v) is 17.9. The molecule has 0 aliphatic heterocycles. The molecule has 148 valence electrons. The summed E-state index contributed by atoms with van der Waals surface area (Å²) in [6, 6.07) is 11.3. The summed E-state index contributed by atoms with van der Waals surface area (Å²) in [7, 11) is 0. The van der Waals surface area contributed by atoms with Crippen LogP contribution < -0.4 is 0 Å². The molecule has 2 aromatic carbocycles. The number of carboxylic acid groups (broad SMARTS) is 1. The average Bonchev–Trinajstić information content (AvgIpc) is 3.24. The molecule has 2 aromatic heterocycles. The van der Waals surface area contributed by atoms with Crippen molar-refractivity contribution >= 4 is 40.2 Å². The largest absolute Gasteiger partial charge is 0.478 e. The van der Waals surface area contributed by atoms with Gasteiger partial charge in [-0.2, -0.15) is 5.10 Å². The van der Waals surface area contributed by atoms with Crippen LogP contribution in [0.4, 0.5) is 0 Å². The smallest absolute Gasteiger partial charge is 0.335 e. The minimum atomic E-state index is -0.923. The zero-order chi connectivity index (χ0) is 20.7. The molecule has 0 aliphatic rings. The second-order valence-corrected chi connectivity index (χ2v) is 8.43. The fourth-order valence-corrected chi connectivity index (χ4v) is 4.86. The number of aromatic nitrogens is 3. The predicted octanol–water partition coefficient (Wildman–Crippen LogP) is 5.97. The summed E-state index contributed by atoms with van der Waals surface area (Å²) in [4.78, 5) is 13.4. The van der Waals surface area contributed by atoms with Crippen molar-refractivity contribution in [2.75, 3.05) is 0 Å². The lowest BCUT2D eigenvalue weighted by Crippen LogP contribution is -1.97. The molecule has 0 saturated carbocycles. The number of carboxylic acids is 1. The number of fused-ring (bicyclic) bond motifs is 1. The van der Waals surface area contributed by atoms with Crippen LogP contribution in [-0.4, -0.2) is 25.4 Å². The third-order valence-electron chi connectivity index (χ3n) is 4.83. The van der Waals surface area contributed by atoms with Crippen LogP contribution in [0.1, 0.15) is 28.5 Å². The number of benzene rings is 2. The van der Waals surface area contributed by atoms with Gasteiger partial charge in [-0.05, 0) is 56.7 Å². The predicted molar refractivity (Wildman–Crippen MR) is 117 cm³/mol. The van der Waals surface area contributed by atoms with Crippen molar-refractivity contribution in [3.05, 3.63) is 70.6 Å². The van der Waals surface area contributed by atoms with Crippen molar-refractivity contribution in [3.63, 3.8) is 0 Å². The Kier molecular flexibility index (Phi) is 5.15. The van der Waals surface area contributed by atoms with Gasteiger partial charge in [0, 0.05) is 38.6 Å².